The van der Waals surface area contributed by atoms with Crippen molar-refractivity contribution in [2.24, 2.45) is 5.92 Å². The zero-order chi connectivity index (χ0) is 19.9. The molecule has 0 aliphatic carbocycles. The number of thiazole rings is 1. The molecule has 0 saturated carbocycles. The molecule has 4 rings (SSSR count). The van der Waals surface area contributed by atoms with Crippen LogP contribution in [0.25, 0.3) is 10.2 Å². The Morgan fingerprint density at radius 1 is 1.18 bits per heavy atom. The molecule has 1 aromatic carbocycles. The molecule has 1 amide bonds. The van der Waals surface area contributed by atoms with E-state index < -0.39 is 10.0 Å². The largest absolute Gasteiger partial charge is 0.345 e. The lowest BCUT2D eigenvalue weighted by molar-refractivity contribution is -0.137. The number of piperazine rings is 1. The van der Waals surface area contributed by atoms with Gasteiger partial charge in [0.2, 0.25) is 15.9 Å². The molecular formula is C19H26N4O3S2. The molecule has 0 bridgehead atoms. The van der Waals surface area contributed by atoms with Crippen molar-refractivity contribution in [2.45, 2.75) is 19.8 Å². The highest BCUT2D eigenvalue weighted by atomic mass is 32.2. The van der Waals surface area contributed by atoms with E-state index in [0.29, 0.717) is 26.2 Å². The molecule has 1 aromatic heterocycles. The first-order chi connectivity index (χ1) is 13.3. The van der Waals surface area contributed by atoms with Gasteiger partial charge in [-0.05, 0) is 31.4 Å². The van der Waals surface area contributed by atoms with E-state index >= 15 is 0 Å². The summed E-state index contributed by atoms with van der Waals surface area (Å²) in [6.07, 6.45) is 2.73. The topological polar surface area (TPSA) is 73.8 Å². The first-order valence-electron chi connectivity index (χ1n) is 9.68. The number of benzene rings is 1. The summed E-state index contributed by atoms with van der Waals surface area (Å²) in [5, 5.41) is 1.01. The van der Waals surface area contributed by atoms with Crippen molar-refractivity contribution in [1.82, 2.24) is 14.2 Å². The van der Waals surface area contributed by atoms with Crippen molar-refractivity contribution in [1.29, 1.82) is 0 Å². The van der Waals surface area contributed by atoms with E-state index in [1.807, 2.05) is 4.90 Å². The molecule has 2 saturated heterocycles. The Bertz CT molecular complexity index is 980. The zero-order valence-corrected chi connectivity index (χ0v) is 17.9. The highest BCUT2D eigenvalue weighted by molar-refractivity contribution is 7.88. The van der Waals surface area contributed by atoms with Crippen LogP contribution in [0.5, 0.6) is 0 Å². The maximum atomic E-state index is 12.9. The van der Waals surface area contributed by atoms with E-state index in [0.717, 1.165) is 36.6 Å². The summed E-state index contributed by atoms with van der Waals surface area (Å²) in [7, 11) is -3.24. The summed E-state index contributed by atoms with van der Waals surface area (Å²) in [4.78, 5) is 21.9. The number of aryl methyl sites for hydroxylation is 1. The van der Waals surface area contributed by atoms with Gasteiger partial charge in [0.15, 0.2) is 5.13 Å². The van der Waals surface area contributed by atoms with Crippen molar-refractivity contribution < 1.29 is 13.2 Å². The SMILES string of the molecule is Cc1cccc2sc(N3CCN(C(=O)C4CCCN(S(C)(=O)=O)C4)CC3)nc12. The molecule has 2 fully saturated rings. The number of rotatable bonds is 3. The smallest absolute Gasteiger partial charge is 0.227 e. The number of fused-ring (bicyclic) bond motifs is 1. The van der Waals surface area contributed by atoms with Gasteiger partial charge in [-0.2, -0.15) is 0 Å². The molecule has 9 heteroatoms. The molecule has 3 heterocycles. The number of carbonyl (C=O) groups is 1. The third kappa shape index (κ3) is 3.88. The van der Waals surface area contributed by atoms with E-state index in [2.05, 4.69) is 30.0 Å². The lowest BCUT2D eigenvalue weighted by Crippen LogP contribution is -2.53. The Labute approximate surface area is 170 Å². The number of carbonyl (C=O) groups excluding carboxylic acids is 1. The zero-order valence-electron chi connectivity index (χ0n) is 16.3. The molecule has 1 unspecified atom stereocenters. The molecule has 28 heavy (non-hydrogen) atoms. The monoisotopic (exact) mass is 422 g/mol. The summed E-state index contributed by atoms with van der Waals surface area (Å²) in [5.74, 6) is -0.131. The molecule has 2 aromatic rings. The average Bonchev–Trinajstić information content (AvgIpc) is 3.13. The van der Waals surface area contributed by atoms with Crippen LogP contribution in [-0.4, -0.2) is 74.0 Å². The predicted octanol–water partition coefficient (Wildman–Crippen LogP) is 1.92. The van der Waals surface area contributed by atoms with Crippen molar-refractivity contribution in [3.8, 4) is 0 Å². The number of aromatic nitrogens is 1. The van der Waals surface area contributed by atoms with Crippen LogP contribution in [0.15, 0.2) is 18.2 Å². The third-order valence-electron chi connectivity index (χ3n) is 5.67. The van der Waals surface area contributed by atoms with Gasteiger partial charge in [-0.15, -0.1) is 0 Å². The summed E-state index contributed by atoms with van der Waals surface area (Å²) in [6.45, 7) is 5.74. The van der Waals surface area contributed by atoms with Crippen LogP contribution >= 0.6 is 11.3 Å². The van der Waals surface area contributed by atoms with E-state index in [4.69, 9.17) is 4.98 Å². The van der Waals surface area contributed by atoms with E-state index in [1.54, 1.807) is 11.3 Å². The van der Waals surface area contributed by atoms with E-state index in [9.17, 15) is 13.2 Å². The van der Waals surface area contributed by atoms with Gasteiger partial charge in [-0.3, -0.25) is 4.79 Å². The van der Waals surface area contributed by atoms with Crippen LogP contribution in [0.4, 0.5) is 5.13 Å². The molecular weight excluding hydrogens is 396 g/mol. The molecule has 7 nitrogen and oxygen atoms in total. The van der Waals surface area contributed by atoms with Crippen LogP contribution in [0, 0.1) is 12.8 Å². The fourth-order valence-electron chi connectivity index (χ4n) is 4.03. The Balaban J connectivity index is 1.39. The van der Waals surface area contributed by atoms with Gasteiger partial charge in [0.1, 0.15) is 0 Å². The number of amides is 1. The fourth-order valence-corrected chi connectivity index (χ4v) is 6.04. The summed E-state index contributed by atoms with van der Waals surface area (Å²) in [5.41, 5.74) is 2.24. The number of nitrogens with zero attached hydrogens (tertiary/aromatic N) is 4. The summed E-state index contributed by atoms with van der Waals surface area (Å²) in [6, 6.07) is 6.23. The number of hydrogen-bond acceptors (Lipinski definition) is 6. The minimum absolute atomic E-state index is 0.0909. The van der Waals surface area contributed by atoms with Gasteiger partial charge >= 0.3 is 0 Å². The first kappa shape index (κ1) is 19.6. The lowest BCUT2D eigenvalue weighted by atomic mass is 9.98. The molecule has 152 valence electrons. The van der Waals surface area contributed by atoms with Crippen molar-refractivity contribution >= 4 is 42.6 Å². The second-order valence-electron chi connectivity index (χ2n) is 7.69. The predicted molar refractivity (Wildman–Crippen MR) is 112 cm³/mol. The van der Waals surface area contributed by atoms with Crippen LogP contribution in [0.2, 0.25) is 0 Å². The maximum absolute atomic E-state index is 12.9. The summed E-state index contributed by atoms with van der Waals surface area (Å²) >= 11 is 1.70. The molecule has 2 aliphatic heterocycles. The first-order valence-corrected chi connectivity index (χ1v) is 12.3. The number of anilines is 1. The fraction of sp³-hybridized carbons (Fsp3) is 0.579. The van der Waals surface area contributed by atoms with Crippen LogP contribution in [-0.2, 0) is 14.8 Å². The minimum atomic E-state index is -3.24. The van der Waals surface area contributed by atoms with Gasteiger partial charge in [-0.25, -0.2) is 17.7 Å². The minimum Gasteiger partial charge on any atom is -0.345 e. The standard InChI is InChI=1S/C19H26N4O3S2/c1-14-5-3-7-16-17(14)20-19(27-16)22-11-9-21(10-12-22)18(24)15-6-4-8-23(13-15)28(2,25)26/h3,5,7,15H,4,6,8-13H2,1-2H3. The number of hydrogen-bond donors (Lipinski definition) is 0. The van der Waals surface area contributed by atoms with Crippen LogP contribution in [0.3, 0.4) is 0 Å². The highest BCUT2D eigenvalue weighted by Crippen LogP contribution is 2.31. The second kappa shape index (κ2) is 7.61. The van der Waals surface area contributed by atoms with Gasteiger partial charge in [0, 0.05) is 39.3 Å². The Hall–Kier alpha value is -1.71. The van der Waals surface area contributed by atoms with E-state index in [1.165, 1.54) is 20.8 Å². The molecule has 0 N–H and O–H groups in total. The quantitative estimate of drug-likeness (QED) is 0.756. The number of sulfonamides is 1. The molecule has 0 spiro atoms. The van der Waals surface area contributed by atoms with E-state index in [-0.39, 0.29) is 11.8 Å². The maximum Gasteiger partial charge on any atom is 0.227 e. The third-order valence-corrected chi connectivity index (χ3v) is 8.02. The Morgan fingerprint density at radius 3 is 2.61 bits per heavy atom. The second-order valence-corrected chi connectivity index (χ2v) is 10.7. The van der Waals surface area contributed by atoms with Crippen molar-refractivity contribution in [3.05, 3.63) is 23.8 Å². The van der Waals surface area contributed by atoms with Gasteiger partial charge < -0.3 is 9.80 Å². The molecule has 1 atom stereocenters. The van der Waals surface area contributed by atoms with Gasteiger partial charge in [0.25, 0.3) is 0 Å². The normalized spacial score (nSPS) is 22.0. The number of para-hydroxylation sites is 1. The van der Waals surface area contributed by atoms with Gasteiger partial charge in [0.05, 0.1) is 22.4 Å². The Morgan fingerprint density at radius 2 is 1.93 bits per heavy atom. The lowest BCUT2D eigenvalue weighted by Gasteiger charge is -2.38. The summed E-state index contributed by atoms with van der Waals surface area (Å²) < 4.78 is 26.3. The van der Waals surface area contributed by atoms with Crippen molar-refractivity contribution in [3.63, 3.8) is 0 Å². The highest BCUT2D eigenvalue weighted by Gasteiger charge is 2.34. The van der Waals surface area contributed by atoms with Crippen LogP contribution in [0.1, 0.15) is 18.4 Å². The molecule has 2 aliphatic rings. The molecule has 0 radical (unpaired) electrons. The van der Waals surface area contributed by atoms with Crippen molar-refractivity contribution in [2.75, 3.05) is 50.4 Å². The average molecular weight is 423 g/mol. The van der Waals surface area contributed by atoms with Crippen LogP contribution < -0.4 is 4.90 Å². The number of piperidine rings is 1. The van der Waals surface area contributed by atoms with Gasteiger partial charge in [-0.1, -0.05) is 23.5 Å². The Kier molecular flexibility index (Phi) is 5.32.